The van der Waals surface area contributed by atoms with Crippen LogP contribution < -0.4 is 21.1 Å². The van der Waals surface area contributed by atoms with Gasteiger partial charge in [0.05, 0.1) is 17.8 Å². The summed E-state index contributed by atoms with van der Waals surface area (Å²) in [5, 5.41) is 14.9. The van der Waals surface area contributed by atoms with Gasteiger partial charge in [0.1, 0.15) is 35.7 Å². The van der Waals surface area contributed by atoms with Crippen molar-refractivity contribution in [3.05, 3.63) is 72.1 Å². The summed E-state index contributed by atoms with van der Waals surface area (Å²) in [4.78, 5) is 20.2. The number of nitrogens with one attached hydrogen (secondary N) is 3. The molecule has 184 valence electrons. The highest BCUT2D eigenvalue weighted by molar-refractivity contribution is 6.16. The lowest BCUT2D eigenvalue weighted by molar-refractivity contribution is -0.107. The Hall–Kier alpha value is -3.82. The number of benzene rings is 2. The Kier molecular flexibility index (Phi) is 9.70. The number of likely N-dealkylation sites (tertiary alicyclic amines) is 1. The molecule has 9 heteroatoms. The number of ether oxygens (including phenoxy) is 1. The van der Waals surface area contributed by atoms with E-state index in [1.165, 1.54) is 6.33 Å². The minimum atomic E-state index is 0.287. The standard InChI is InChI=1S/C23H26N6O.C3H7NO/c1-29-13-11-17(12-14-29)28-23-20(22(25)26-15-27-23)21(24)16-7-9-19(10-8-16)30-18-5-3-2-4-6-18;1-4-2-3-5/h2-10,15,17,24H,11-14H2,1H3,(H3,25,26,27,28);3-4H,2H2,1H3. The molecule has 0 radical (unpaired) electrons. The highest BCUT2D eigenvalue weighted by Gasteiger charge is 2.21. The molecule has 1 aliphatic heterocycles. The van der Waals surface area contributed by atoms with Crippen LogP contribution >= 0.6 is 0 Å². The summed E-state index contributed by atoms with van der Waals surface area (Å²) in [5.41, 5.74) is 7.70. The zero-order valence-electron chi connectivity index (χ0n) is 20.2. The van der Waals surface area contributed by atoms with Crippen LogP contribution in [0.1, 0.15) is 24.0 Å². The van der Waals surface area contributed by atoms with Gasteiger partial charge in [-0.3, -0.25) is 5.41 Å². The molecule has 1 aromatic heterocycles. The van der Waals surface area contributed by atoms with Crippen molar-refractivity contribution >= 4 is 23.6 Å². The topological polar surface area (TPSA) is 129 Å². The predicted molar refractivity (Wildman–Crippen MR) is 139 cm³/mol. The van der Waals surface area contributed by atoms with E-state index in [1.807, 2.05) is 54.6 Å². The van der Waals surface area contributed by atoms with Crippen molar-refractivity contribution in [3.63, 3.8) is 0 Å². The number of nitrogen functional groups attached to an aromatic ring is 1. The summed E-state index contributed by atoms with van der Waals surface area (Å²) in [5.74, 6) is 2.40. The molecule has 0 spiro atoms. The predicted octanol–water partition coefficient (Wildman–Crippen LogP) is 3.18. The number of likely N-dealkylation sites (N-methyl/N-ethyl adjacent to an activating group) is 1. The fraction of sp³-hybridized carbons (Fsp3) is 0.308. The van der Waals surface area contributed by atoms with Crippen LogP contribution in [0.3, 0.4) is 0 Å². The molecule has 1 saturated heterocycles. The molecule has 0 saturated carbocycles. The van der Waals surface area contributed by atoms with Crippen molar-refractivity contribution < 1.29 is 9.53 Å². The van der Waals surface area contributed by atoms with Crippen LogP contribution in [0.4, 0.5) is 11.6 Å². The number of carbonyl (C=O) groups excluding carboxylic acids is 1. The Morgan fingerprint density at radius 1 is 1.11 bits per heavy atom. The highest BCUT2D eigenvalue weighted by atomic mass is 16.5. The SMILES string of the molecule is CN1CCC(Nc2ncnc(N)c2C(=N)c2ccc(Oc3ccccc3)cc2)CC1.CNCC=O. The molecule has 9 nitrogen and oxygen atoms in total. The van der Waals surface area contributed by atoms with E-state index in [0.29, 0.717) is 35.5 Å². The van der Waals surface area contributed by atoms with Crippen LogP contribution in [0, 0.1) is 5.41 Å². The van der Waals surface area contributed by atoms with Gasteiger partial charge in [-0.2, -0.15) is 0 Å². The minimum Gasteiger partial charge on any atom is -0.457 e. The molecule has 2 heterocycles. The van der Waals surface area contributed by atoms with Crippen LogP contribution in [-0.2, 0) is 4.79 Å². The lowest BCUT2D eigenvalue weighted by Crippen LogP contribution is -2.37. The van der Waals surface area contributed by atoms with Gasteiger partial charge >= 0.3 is 0 Å². The molecule has 3 aromatic rings. The molecule has 0 amide bonds. The van der Waals surface area contributed by atoms with Crippen LogP contribution in [-0.4, -0.2) is 66.6 Å². The second kappa shape index (κ2) is 13.2. The zero-order valence-corrected chi connectivity index (χ0v) is 20.2. The van der Waals surface area contributed by atoms with Crippen molar-refractivity contribution in [2.45, 2.75) is 18.9 Å². The summed E-state index contributed by atoms with van der Waals surface area (Å²) < 4.78 is 5.84. The average Bonchev–Trinajstić information content (AvgIpc) is 2.87. The smallest absolute Gasteiger partial charge is 0.141 e. The minimum absolute atomic E-state index is 0.287. The molecule has 0 bridgehead atoms. The van der Waals surface area contributed by atoms with Crippen LogP contribution in [0.25, 0.3) is 0 Å². The summed E-state index contributed by atoms with van der Waals surface area (Å²) in [7, 11) is 3.86. The lowest BCUT2D eigenvalue weighted by Gasteiger charge is -2.30. The fourth-order valence-corrected chi connectivity index (χ4v) is 3.64. The number of aromatic nitrogens is 2. The Morgan fingerprint density at radius 3 is 2.37 bits per heavy atom. The van der Waals surface area contributed by atoms with E-state index in [0.717, 1.165) is 43.5 Å². The molecule has 0 atom stereocenters. The third kappa shape index (κ3) is 7.59. The van der Waals surface area contributed by atoms with Crippen LogP contribution in [0.5, 0.6) is 11.5 Å². The van der Waals surface area contributed by atoms with Crippen molar-refractivity contribution in [1.29, 1.82) is 5.41 Å². The summed E-state index contributed by atoms with van der Waals surface area (Å²) in [6.07, 6.45) is 4.32. The quantitative estimate of drug-likeness (QED) is 0.289. The number of para-hydroxylation sites is 1. The summed E-state index contributed by atoms with van der Waals surface area (Å²) in [6.45, 7) is 2.53. The van der Waals surface area contributed by atoms with E-state index in [1.54, 1.807) is 7.05 Å². The van der Waals surface area contributed by atoms with E-state index in [9.17, 15) is 4.79 Å². The molecule has 4 rings (SSSR count). The number of hydrogen-bond acceptors (Lipinski definition) is 9. The van der Waals surface area contributed by atoms with Gasteiger partial charge in [-0.25, -0.2) is 9.97 Å². The maximum atomic E-state index is 9.34. The first kappa shape index (κ1) is 25.8. The molecule has 5 N–H and O–H groups in total. The average molecular weight is 476 g/mol. The largest absolute Gasteiger partial charge is 0.457 e. The van der Waals surface area contributed by atoms with Crippen LogP contribution in [0.2, 0.25) is 0 Å². The van der Waals surface area contributed by atoms with Gasteiger partial charge in [0.25, 0.3) is 0 Å². The second-order valence-corrected chi connectivity index (χ2v) is 8.24. The molecule has 35 heavy (non-hydrogen) atoms. The van der Waals surface area contributed by atoms with E-state index in [2.05, 4.69) is 32.5 Å². The van der Waals surface area contributed by atoms with Gasteiger partial charge in [-0.15, -0.1) is 0 Å². The van der Waals surface area contributed by atoms with Gasteiger partial charge in [0.15, 0.2) is 0 Å². The fourth-order valence-electron chi connectivity index (χ4n) is 3.64. The third-order valence-corrected chi connectivity index (χ3v) is 5.60. The molecule has 0 aliphatic carbocycles. The monoisotopic (exact) mass is 475 g/mol. The Bertz CT molecular complexity index is 1080. The highest BCUT2D eigenvalue weighted by Crippen LogP contribution is 2.26. The normalized spacial score (nSPS) is 13.9. The maximum Gasteiger partial charge on any atom is 0.141 e. The van der Waals surface area contributed by atoms with Crippen molar-refractivity contribution in [3.8, 4) is 11.5 Å². The molecule has 1 aliphatic rings. The van der Waals surface area contributed by atoms with E-state index in [4.69, 9.17) is 15.9 Å². The molecule has 1 fully saturated rings. The first-order valence-corrected chi connectivity index (χ1v) is 11.6. The van der Waals surface area contributed by atoms with Gasteiger partial charge in [-0.05, 0) is 76.4 Å². The number of nitrogens with two attached hydrogens (primary N) is 1. The number of carbonyl (C=O) groups is 1. The van der Waals surface area contributed by atoms with Crippen molar-refractivity contribution in [1.82, 2.24) is 20.2 Å². The molecule has 0 unspecified atom stereocenters. The molecular weight excluding hydrogens is 442 g/mol. The van der Waals surface area contributed by atoms with Gasteiger partial charge in [-0.1, -0.05) is 18.2 Å². The van der Waals surface area contributed by atoms with E-state index < -0.39 is 0 Å². The van der Waals surface area contributed by atoms with Crippen molar-refractivity contribution in [2.75, 3.05) is 44.8 Å². The van der Waals surface area contributed by atoms with Crippen LogP contribution in [0.15, 0.2) is 60.9 Å². The summed E-state index contributed by atoms with van der Waals surface area (Å²) in [6, 6.07) is 17.3. The number of rotatable bonds is 8. The molecule has 2 aromatic carbocycles. The number of hydrogen-bond donors (Lipinski definition) is 4. The second-order valence-electron chi connectivity index (χ2n) is 8.24. The number of anilines is 2. The Labute approximate surface area is 206 Å². The van der Waals surface area contributed by atoms with Gasteiger partial charge in [0.2, 0.25) is 0 Å². The molecular formula is C26H33N7O2. The zero-order chi connectivity index (χ0) is 25.0. The lowest BCUT2D eigenvalue weighted by atomic mass is 10.0. The Morgan fingerprint density at radius 2 is 1.77 bits per heavy atom. The Balaban J connectivity index is 0.000000623. The van der Waals surface area contributed by atoms with Crippen molar-refractivity contribution in [2.24, 2.45) is 0 Å². The number of nitrogens with zero attached hydrogens (tertiary/aromatic N) is 3. The first-order valence-electron chi connectivity index (χ1n) is 11.6. The maximum absolute atomic E-state index is 9.34. The third-order valence-electron chi connectivity index (χ3n) is 5.60. The van der Waals surface area contributed by atoms with E-state index >= 15 is 0 Å². The van der Waals surface area contributed by atoms with Gasteiger partial charge < -0.3 is 30.8 Å². The first-order chi connectivity index (χ1) is 17.0. The summed E-state index contributed by atoms with van der Waals surface area (Å²) >= 11 is 0. The number of piperidine rings is 1. The van der Waals surface area contributed by atoms with E-state index in [-0.39, 0.29) is 5.71 Å². The number of aldehydes is 1. The van der Waals surface area contributed by atoms with Gasteiger partial charge in [0, 0.05) is 11.6 Å².